The lowest BCUT2D eigenvalue weighted by Gasteiger charge is -2.13. The molecule has 27 heavy (non-hydrogen) atoms. The third-order valence-electron chi connectivity index (χ3n) is 3.30. The van der Waals surface area contributed by atoms with Crippen LogP contribution >= 0.6 is 34.5 Å². The molecule has 0 saturated carbocycles. The van der Waals surface area contributed by atoms with Gasteiger partial charge in [-0.3, -0.25) is 9.52 Å². The molecular weight excluding hydrogens is 431 g/mol. The molecule has 0 unspecified atom stereocenters. The minimum Gasteiger partial charge on any atom is -0.366 e. The summed E-state index contributed by atoms with van der Waals surface area (Å²) in [6.45, 7) is 1.71. The highest BCUT2D eigenvalue weighted by molar-refractivity contribution is 7.94. The van der Waals surface area contributed by atoms with Crippen molar-refractivity contribution in [1.29, 1.82) is 0 Å². The molecule has 0 aliphatic rings. The van der Waals surface area contributed by atoms with Gasteiger partial charge in [-0.2, -0.15) is 0 Å². The van der Waals surface area contributed by atoms with Gasteiger partial charge in [0, 0.05) is 11.6 Å². The van der Waals surface area contributed by atoms with Crippen molar-refractivity contribution in [3.05, 3.63) is 67.2 Å². The summed E-state index contributed by atoms with van der Waals surface area (Å²) in [5.41, 5.74) is 1.24. The number of nitrogens with one attached hydrogen (secondary N) is 1. The summed E-state index contributed by atoms with van der Waals surface area (Å²) >= 11 is 12.9. The summed E-state index contributed by atoms with van der Waals surface area (Å²) in [7, 11) is -3.98. The molecule has 2 aromatic heterocycles. The van der Waals surface area contributed by atoms with Crippen molar-refractivity contribution in [2.45, 2.75) is 11.8 Å². The fourth-order valence-corrected chi connectivity index (χ4v) is 4.39. The van der Waals surface area contributed by atoms with E-state index in [0.717, 1.165) is 11.3 Å². The van der Waals surface area contributed by atoms with Gasteiger partial charge in [0.25, 0.3) is 5.91 Å². The van der Waals surface area contributed by atoms with Gasteiger partial charge in [0.1, 0.15) is 4.34 Å². The van der Waals surface area contributed by atoms with Gasteiger partial charge in [0.05, 0.1) is 14.8 Å². The van der Waals surface area contributed by atoms with E-state index in [9.17, 15) is 13.2 Å². The molecule has 2 heterocycles. The van der Waals surface area contributed by atoms with Crippen LogP contribution in [0.2, 0.25) is 8.67 Å². The van der Waals surface area contributed by atoms with Crippen LogP contribution in [0.15, 0.2) is 47.5 Å². The normalized spacial score (nSPS) is 11.2. The minimum absolute atomic E-state index is 0.0535. The molecule has 0 aliphatic heterocycles. The van der Waals surface area contributed by atoms with E-state index in [1.54, 1.807) is 13.0 Å². The van der Waals surface area contributed by atoms with E-state index >= 15 is 0 Å². The lowest BCUT2D eigenvalue weighted by Crippen LogP contribution is -2.11. The van der Waals surface area contributed by atoms with Crippen LogP contribution in [0, 0.1) is 6.92 Å². The summed E-state index contributed by atoms with van der Waals surface area (Å²) in [5, 5.41) is 2.62. The summed E-state index contributed by atoms with van der Waals surface area (Å²) in [6, 6.07) is 8.64. The van der Waals surface area contributed by atoms with Crippen molar-refractivity contribution in [3.8, 4) is 0 Å². The second-order valence-electron chi connectivity index (χ2n) is 5.28. The predicted molar refractivity (Wildman–Crippen MR) is 106 cm³/mol. The molecule has 7 nitrogen and oxygen atoms in total. The first-order valence-corrected chi connectivity index (χ1v) is 10.4. The number of benzene rings is 1. The van der Waals surface area contributed by atoms with Crippen LogP contribution in [0.3, 0.4) is 0 Å². The molecule has 0 spiro atoms. The highest BCUT2D eigenvalue weighted by Crippen LogP contribution is 2.32. The van der Waals surface area contributed by atoms with Gasteiger partial charge in [0.2, 0.25) is 10.0 Å². The predicted octanol–water partition coefficient (Wildman–Crippen LogP) is 4.80. The number of carbonyl (C=O) groups excluding carboxylic acids is 1. The molecule has 3 aromatic rings. The number of anilines is 1. The van der Waals surface area contributed by atoms with Gasteiger partial charge in [-0.25, -0.2) is 8.42 Å². The van der Waals surface area contributed by atoms with E-state index in [1.807, 2.05) is 0 Å². The third kappa shape index (κ3) is 4.75. The van der Waals surface area contributed by atoms with Crippen LogP contribution in [0.5, 0.6) is 0 Å². The molecule has 140 valence electrons. The molecule has 1 aromatic carbocycles. The number of hydrogen-bond donors (Lipinski definition) is 1. The van der Waals surface area contributed by atoms with E-state index in [-0.39, 0.29) is 20.7 Å². The Bertz CT molecular complexity index is 1100. The number of sulfonamides is 1. The van der Waals surface area contributed by atoms with Crippen molar-refractivity contribution in [1.82, 2.24) is 9.97 Å². The highest BCUT2D eigenvalue weighted by atomic mass is 35.5. The number of hydrogen-bond acceptors (Lipinski definition) is 6. The Kier molecular flexibility index (Phi) is 5.66. The molecule has 11 heteroatoms. The molecule has 1 amide bonds. The number of aromatic nitrogens is 2. The Morgan fingerprint density at radius 3 is 2.48 bits per heavy atom. The maximum atomic E-state index is 12.4. The van der Waals surface area contributed by atoms with Crippen LogP contribution in [-0.2, 0) is 10.0 Å². The SMILES string of the molecule is Cc1ccnc([N-]S(=O)(=O)c2ccc(NC(=O)c3cc(Cl)sc3Cl)cc2)n1. The zero-order valence-electron chi connectivity index (χ0n) is 13.7. The number of carbonyl (C=O) groups is 1. The summed E-state index contributed by atoms with van der Waals surface area (Å²) in [6.07, 6.45) is 1.43. The van der Waals surface area contributed by atoms with E-state index in [1.165, 1.54) is 36.5 Å². The first-order chi connectivity index (χ1) is 12.7. The average molecular weight is 442 g/mol. The third-order valence-corrected chi connectivity index (χ3v) is 6.05. The molecular formula is C16H11Cl2N4O3S2-. The van der Waals surface area contributed by atoms with Crippen LogP contribution in [0.1, 0.15) is 16.1 Å². The van der Waals surface area contributed by atoms with E-state index in [4.69, 9.17) is 23.2 Å². The van der Waals surface area contributed by atoms with E-state index < -0.39 is 15.9 Å². The van der Waals surface area contributed by atoms with Gasteiger partial charge >= 0.3 is 0 Å². The summed E-state index contributed by atoms with van der Waals surface area (Å²) in [4.78, 5) is 19.9. The van der Waals surface area contributed by atoms with E-state index in [2.05, 4.69) is 20.0 Å². The van der Waals surface area contributed by atoms with Crippen molar-refractivity contribution in [2.75, 3.05) is 5.32 Å². The Morgan fingerprint density at radius 1 is 1.19 bits per heavy atom. The largest absolute Gasteiger partial charge is 0.366 e. The number of rotatable bonds is 5. The van der Waals surface area contributed by atoms with Gasteiger partial charge in [-0.05, 0) is 49.1 Å². The fourth-order valence-electron chi connectivity index (χ4n) is 2.04. The van der Waals surface area contributed by atoms with Crippen LogP contribution in [0.4, 0.5) is 11.6 Å². The standard InChI is InChI=1S/C16H12Cl2N4O3S2/c1-9-6-7-19-16(20-9)22-27(24,25)11-4-2-10(3-5-11)21-15(23)12-8-13(17)26-14(12)18/h2-8H,1H3,(H2,19,20,21,22,23)/p-1. The second-order valence-corrected chi connectivity index (χ2v) is 9.17. The van der Waals surface area contributed by atoms with Gasteiger partial charge < -0.3 is 15.3 Å². The van der Waals surface area contributed by atoms with Crippen molar-refractivity contribution in [2.24, 2.45) is 0 Å². The first kappa shape index (κ1) is 19.6. The molecule has 0 bridgehead atoms. The van der Waals surface area contributed by atoms with Crippen molar-refractivity contribution < 1.29 is 13.2 Å². The maximum absolute atomic E-state index is 12.4. The van der Waals surface area contributed by atoms with Crippen molar-refractivity contribution in [3.63, 3.8) is 0 Å². The van der Waals surface area contributed by atoms with Crippen LogP contribution < -0.4 is 5.32 Å². The summed E-state index contributed by atoms with van der Waals surface area (Å²) < 4.78 is 29.0. The topological polar surface area (TPSA) is 103 Å². The molecule has 0 aliphatic carbocycles. The van der Waals surface area contributed by atoms with Gasteiger partial charge in [0.15, 0.2) is 0 Å². The number of nitrogens with zero attached hydrogens (tertiary/aromatic N) is 3. The molecule has 3 rings (SSSR count). The minimum atomic E-state index is -3.98. The molecule has 0 atom stereocenters. The zero-order valence-corrected chi connectivity index (χ0v) is 16.8. The molecule has 1 N–H and O–H groups in total. The molecule has 0 radical (unpaired) electrons. The quantitative estimate of drug-likeness (QED) is 0.612. The fraction of sp³-hybridized carbons (Fsp3) is 0.0625. The lowest BCUT2D eigenvalue weighted by atomic mass is 10.3. The maximum Gasteiger partial charge on any atom is 0.258 e. The van der Waals surface area contributed by atoms with E-state index in [0.29, 0.717) is 15.7 Å². The Morgan fingerprint density at radius 2 is 1.89 bits per heavy atom. The van der Waals surface area contributed by atoms with Crippen LogP contribution in [-0.4, -0.2) is 24.3 Å². The molecule has 0 fully saturated rings. The number of thiophene rings is 1. The number of halogens is 2. The molecule has 0 saturated heterocycles. The smallest absolute Gasteiger partial charge is 0.258 e. The van der Waals surface area contributed by atoms with Gasteiger partial charge in [-0.15, -0.1) is 11.3 Å². The number of amides is 1. The Labute approximate surface area is 169 Å². The number of aryl methyl sites for hydroxylation is 1. The second kappa shape index (κ2) is 7.81. The monoisotopic (exact) mass is 441 g/mol. The summed E-state index contributed by atoms with van der Waals surface area (Å²) in [5.74, 6) is -0.590. The average Bonchev–Trinajstić information content (AvgIpc) is 2.93. The Hall–Kier alpha value is -2.20. The first-order valence-electron chi connectivity index (χ1n) is 7.38. The van der Waals surface area contributed by atoms with Crippen molar-refractivity contribution >= 4 is 62.1 Å². The lowest BCUT2D eigenvalue weighted by molar-refractivity contribution is 0.102. The zero-order chi connectivity index (χ0) is 19.6. The Balaban J connectivity index is 1.74. The van der Waals surface area contributed by atoms with Gasteiger partial charge in [-0.1, -0.05) is 29.3 Å². The highest BCUT2D eigenvalue weighted by Gasteiger charge is 2.16. The van der Waals surface area contributed by atoms with Crippen LogP contribution in [0.25, 0.3) is 4.72 Å².